The number of aliphatic carboxylic acids is 1. The van der Waals surface area contributed by atoms with Crippen LogP contribution in [0, 0.1) is 12.7 Å². The van der Waals surface area contributed by atoms with Crippen molar-refractivity contribution in [1.82, 2.24) is 5.32 Å². The number of carboxylic acids is 1. The molecule has 1 aromatic carbocycles. The molecule has 110 valence electrons. The fraction of sp³-hybridized carbons (Fsp3) is 0.429. The zero-order valence-corrected chi connectivity index (χ0v) is 11.8. The Balaban J connectivity index is 2.86. The highest BCUT2D eigenvalue weighted by atomic mass is 19.1. The van der Waals surface area contributed by atoms with E-state index < -0.39 is 23.4 Å². The van der Waals surface area contributed by atoms with Gasteiger partial charge in [-0.05, 0) is 37.5 Å². The Morgan fingerprint density at radius 2 is 1.90 bits per heavy atom. The van der Waals surface area contributed by atoms with Crippen LogP contribution in [0.4, 0.5) is 14.9 Å². The molecule has 0 aromatic heterocycles. The summed E-state index contributed by atoms with van der Waals surface area (Å²) in [6.07, 6.45) is 0.517. The van der Waals surface area contributed by atoms with Gasteiger partial charge < -0.3 is 15.7 Å². The molecule has 0 aliphatic rings. The number of benzene rings is 1. The molecule has 0 saturated carbocycles. The predicted octanol–water partition coefficient (Wildman–Crippen LogP) is 2.90. The van der Waals surface area contributed by atoms with Crippen LogP contribution in [0.3, 0.4) is 0 Å². The number of rotatable bonds is 5. The molecule has 6 heteroatoms. The van der Waals surface area contributed by atoms with Crippen LogP contribution in [-0.4, -0.2) is 22.6 Å². The zero-order valence-electron chi connectivity index (χ0n) is 11.8. The first kappa shape index (κ1) is 15.9. The van der Waals surface area contributed by atoms with Crippen LogP contribution >= 0.6 is 0 Å². The molecule has 0 radical (unpaired) electrons. The number of hydrogen-bond donors (Lipinski definition) is 3. The third kappa shape index (κ3) is 3.46. The topological polar surface area (TPSA) is 78.4 Å². The lowest BCUT2D eigenvalue weighted by atomic mass is 9.93. The third-order valence-corrected chi connectivity index (χ3v) is 3.42. The Morgan fingerprint density at radius 3 is 2.40 bits per heavy atom. The van der Waals surface area contributed by atoms with Crippen molar-refractivity contribution in [2.75, 3.05) is 5.32 Å². The Hall–Kier alpha value is -2.11. The summed E-state index contributed by atoms with van der Waals surface area (Å²) in [5, 5.41) is 14.2. The fourth-order valence-corrected chi connectivity index (χ4v) is 1.88. The molecule has 0 spiro atoms. The van der Waals surface area contributed by atoms with Crippen molar-refractivity contribution < 1.29 is 19.1 Å². The third-order valence-electron chi connectivity index (χ3n) is 3.42. The molecule has 1 aromatic rings. The van der Waals surface area contributed by atoms with Crippen LogP contribution < -0.4 is 10.6 Å². The molecule has 0 aliphatic heterocycles. The van der Waals surface area contributed by atoms with Crippen LogP contribution in [0.2, 0.25) is 0 Å². The molecule has 0 bridgehead atoms. The van der Waals surface area contributed by atoms with Gasteiger partial charge in [-0.1, -0.05) is 19.9 Å². The van der Waals surface area contributed by atoms with E-state index in [9.17, 15) is 19.1 Å². The Morgan fingerprint density at radius 1 is 1.30 bits per heavy atom. The number of aryl methyl sites for hydroxylation is 1. The maximum atomic E-state index is 13.1. The Labute approximate surface area is 117 Å². The average Bonchev–Trinajstić information content (AvgIpc) is 2.40. The van der Waals surface area contributed by atoms with Crippen LogP contribution in [0.15, 0.2) is 18.2 Å². The molecule has 5 nitrogen and oxygen atoms in total. The minimum Gasteiger partial charge on any atom is -0.480 e. The molecule has 0 heterocycles. The van der Waals surface area contributed by atoms with Crippen molar-refractivity contribution in [2.24, 2.45) is 0 Å². The van der Waals surface area contributed by atoms with Crippen LogP contribution in [0.5, 0.6) is 0 Å². The lowest BCUT2D eigenvalue weighted by Crippen LogP contribution is -2.55. The van der Waals surface area contributed by atoms with Gasteiger partial charge in [0.25, 0.3) is 0 Å². The van der Waals surface area contributed by atoms with Crippen molar-refractivity contribution in [3.05, 3.63) is 29.6 Å². The fourth-order valence-electron chi connectivity index (χ4n) is 1.88. The highest BCUT2D eigenvalue weighted by molar-refractivity contribution is 5.94. The SMILES string of the molecule is CCC(CC)(NC(=O)Nc1cc(F)ccc1C)C(=O)O. The lowest BCUT2D eigenvalue weighted by molar-refractivity contribution is -0.144. The van der Waals surface area contributed by atoms with Gasteiger partial charge in [0.1, 0.15) is 11.4 Å². The first-order valence-electron chi connectivity index (χ1n) is 6.43. The Bertz CT molecular complexity index is 513. The number of nitrogens with one attached hydrogen (secondary N) is 2. The summed E-state index contributed by atoms with van der Waals surface area (Å²) >= 11 is 0. The number of halogens is 1. The van der Waals surface area contributed by atoms with Gasteiger partial charge in [0.2, 0.25) is 0 Å². The van der Waals surface area contributed by atoms with E-state index in [1.54, 1.807) is 20.8 Å². The molecule has 0 aliphatic carbocycles. The molecule has 20 heavy (non-hydrogen) atoms. The van der Waals surface area contributed by atoms with Crippen LogP contribution in [0.1, 0.15) is 32.3 Å². The molecular weight excluding hydrogens is 263 g/mol. The van der Waals surface area contributed by atoms with Crippen LogP contribution in [0.25, 0.3) is 0 Å². The average molecular weight is 282 g/mol. The molecular formula is C14H19FN2O3. The van der Waals surface area contributed by atoms with E-state index in [0.717, 1.165) is 0 Å². The molecule has 0 unspecified atom stereocenters. The van der Waals surface area contributed by atoms with Crippen molar-refractivity contribution in [3.63, 3.8) is 0 Å². The summed E-state index contributed by atoms with van der Waals surface area (Å²) in [6.45, 7) is 5.09. The molecule has 3 N–H and O–H groups in total. The zero-order chi connectivity index (χ0) is 15.3. The van der Waals surface area contributed by atoms with E-state index in [-0.39, 0.29) is 12.8 Å². The summed E-state index contributed by atoms with van der Waals surface area (Å²) < 4.78 is 13.1. The standard InChI is InChI=1S/C14H19FN2O3/c1-4-14(5-2,12(18)19)17-13(20)16-11-8-10(15)7-6-9(11)3/h6-8H,4-5H2,1-3H3,(H,18,19)(H2,16,17,20). The monoisotopic (exact) mass is 282 g/mol. The van der Waals surface area contributed by atoms with E-state index in [1.165, 1.54) is 18.2 Å². The van der Waals surface area contributed by atoms with E-state index in [2.05, 4.69) is 10.6 Å². The largest absolute Gasteiger partial charge is 0.480 e. The minimum absolute atomic E-state index is 0.258. The molecule has 1 rings (SSSR count). The van der Waals surface area contributed by atoms with Crippen molar-refractivity contribution in [2.45, 2.75) is 39.2 Å². The molecule has 2 amide bonds. The maximum absolute atomic E-state index is 13.1. The first-order valence-corrected chi connectivity index (χ1v) is 6.43. The second-order valence-corrected chi connectivity index (χ2v) is 4.63. The number of amides is 2. The van der Waals surface area contributed by atoms with E-state index >= 15 is 0 Å². The van der Waals surface area contributed by atoms with E-state index in [1.807, 2.05) is 0 Å². The quantitative estimate of drug-likeness (QED) is 0.777. The van der Waals surface area contributed by atoms with Gasteiger partial charge in [-0.15, -0.1) is 0 Å². The molecule has 0 atom stereocenters. The lowest BCUT2D eigenvalue weighted by Gasteiger charge is -2.28. The first-order chi connectivity index (χ1) is 9.34. The highest BCUT2D eigenvalue weighted by Gasteiger charge is 2.36. The normalized spacial score (nSPS) is 11.0. The molecule has 0 saturated heterocycles. The van der Waals surface area contributed by atoms with E-state index in [0.29, 0.717) is 11.3 Å². The van der Waals surface area contributed by atoms with Gasteiger partial charge >= 0.3 is 12.0 Å². The number of anilines is 1. The second-order valence-electron chi connectivity index (χ2n) is 4.63. The highest BCUT2D eigenvalue weighted by Crippen LogP contribution is 2.18. The van der Waals surface area contributed by atoms with Crippen molar-refractivity contribution >= 4 is 17.7 Å². The number of carbonyl (C=O) groups is 2. The smallest absolute Gasteiger partial charge is 0.329 e. The minimum atomic E-state index is -1.31. The van der Waals surface area contributed by atoms with Crippen LogP contribution in [-0.2, 0) is 4.79 Å². The number of urea groups is 1. The number of carboxylic acid groups (broad SMARTS) is 1. The van der Waals surface area contributed by atoms with Gasteiger partial charge in [-0.25, -0.2) is 14.0 Å². The maximum Gasteiger partial charge on any atom is 0.329 e. The van der Waals surface area contributed by atoms with Gasteiger partial charge in [0.15, 0.2) is 0 Å². The number of hydrogen-bond acceptors (Lipinski definition) is 2. The van der Waals surface area contributed by atoms with Gasteiger partial charge in [0.05, 0.1) is 0 Å². The van der Waals surface area contributed by atoms with E-state index in [4.69, 9.17) is 0 Å². The summed E-state index contributed by atoms with van der Waals surface area (Å²) in [4.78, 5) is 23.2. The van der Waals surface area contributed by atoms with Crippen molar-refractivity contribution in [3.8, 4) is 0 Å². The Kier molecular flexibility index (Phi) is 5.07. The second kappa shape index (κ2) is 6.36. The summed E-state index contributed by atoms with van der Waals surface area (Å²) in [6, 6.07) is 3.35. The summed E-state index contributed by atoms with van der Waals surface area (Å²) in [5.74, 6) is -1.56. The van der Waals surface area contributed by atoms with Crippen molar-refractivity contribution in [1.29, 1.82) is 0 Å². The molecule has 0 fully saturated rings. The summed E-state index contributed by atoms with van der Waals surface area (Å²) in [5.41, 5.74) is -0.310. The number of carbonyl (C=O) groups excluding carboxylic acids is 1. The van der Waals surface area contributed by atoms with Gasteiger partial charge in [-0.3, -0.25) is 0 Å². The summed E-state index contributed by atoms with van der Waals surface area (Å²) in [7, 11) is 0. The van der Waals surface area contributed by atoms with Gasteiger partial charge in [-0.2, -0.15) is 0 Å². The van der Waals surface area contributed by atoms with Gasteiger partial charge in [0, 0.05) is 5.69 Å². The predicted molar refractivity (Wildman–Crippen MR) is 74.2 cm³/mol.